The van der Waals surface area contributed by atoms with Crippen LogP contribution in [0.2, 0.25) is 0 Å². The van der Waals surface area contributed by atoms with Gasteiger partial charge < -0.3 is 4.57 Å². The normalized spacial score (nSPS) is 11.2. The van der Waals surface area contributed by atoms with Crippen LogP contribution in [0.4, 0.5) is 0 Å². The fourth-order valence-corrected chi connectivity index (χ4v) is 4.76. The lowest BCUT2D eigenvalue weighted by Gasteiger charge is -2.10. The summed E-state index contributed by atoms with van der Waals surface area (Å²) in [6.07, 6.45) is 0. The van der Waals surface area contributed by atoms with Gasteiger partial charge in [-0.1, -0.05) is 45.9 Å². The topological polar surface area (TPSA) is 34.9 Å². The highest BCUT2D eigenvalue weighted by Gasteiger charge is 2.17. The molecule has 2 heterocycles. The Hall–Kier alpha value is -2.37. The Balaban J connectivity index is 1.56. The monoisotopic (exact) mass is 464 g/mol. The van der Waals surface area contributed by atoms with E-state index in [1.807, 2.05) is 50.2 Å². The van der Waals surface area contributed by atoms with Crippen LogP contribution in [0.25, 0.3) is 16.6 Å². The Morgan fingerprint density at radius 2 is 1.76 bits per heavy atom. The maximum absolute atomic E-state index is 13.0. The van der Waals surface area contributed by atoms with Crippen LogP contribution in [0.1, 0.15) is 27.3 Å². The van der Waals surface area contributed by atoms with Gasteiger partial charge in [0.2, 0.25) is 0 Å². The average molecular weight is 465 g/mol. The third-order valence-corrected chi connectivity index (χ3v) is 6.51. The number of carbonyl (C=O) groups is 1. The minimum atomic E-state index is 0.124. The number of carbonyl (C=O) groups excluding carboxylic acids is 1. The number of benzene rings is 2. The number of aromatic nitrogens is 2. The van der Waals surface area contributed by atoms with Gasteiger partial charge in [0.15, 0.2) is 5.78 Å². The summed E-state index contributed by atoms with van der Waals surface area (Å²) >= 11 is 4.97. The fourth-order valence-electron chi connectivity index (χ4n) is 3.64. The predicted molar refractivity (Wildman–Crippen MR) is 124 cm³/mol. The van der Waals surface area contributed by atoms with Gasteiger partial charge in [0.05, 0.1) is 16.3 Å². The molecule has 0 N–H and O–H groups in total. The van der Waals surface area contributed by atoms with Crippen LogP contribution in [0.15, 0.2) is 70.2 Å². The van der Waals surface area contributed by atoms with Gasteiger partial charge in [0, 0.05) is 32.5 Å². The third-order valence-electron chi connectivity index (χ3n) is 5.07. The van der Waals surface area contributed by atoms with Crippen molar-refractivity contribution in [2.75, 3.05) is 5.75 Å². The van der Waals surface area contributed by atoms with E-state index in [2.05, 4.69) is 51.7 Å². The molecule has 4 rings (SSSR count). The summed E-state index contributed by atoms with van der Waals surface area (Å²) in [4.78, 5) is 17.7. The minimum absolute atomic E-state index is 0.124. The highest BCUT2D eigenvalue weighted by atomic mass is 79.9. The van der Waals surface area contributed by atoms with E-state index in [1.54, 1.807) is 0 Å². The second-order valence-corrected chi connectivity index (χ2v) is 9.01. The van der Waals surface area contributed by atoms with Crippen molar-refractivity contribution in [2.24, 2.45) is 0 Å². The molecule has 0 atom stereocenters. The largest absolute Gasteiger partial charge is 0.318 e. The summed E-state index contributed by atoms with van der Waals surface area (Å²) in [5.41, 5.74) is 6.00. The zero-order valence-electron chi connectivity index (χ0n) is 16.6. The number of pyridine rings is 1. The standard InChI is InChI=1S/C24H21BrN2OS/c1-15-12-24(26-22-7-5-4-6-20(15)22)29-14-23(28)21-13-16(2)27(17(21)3)19-10-8-18(25)9-11-19/h4-13H,14H2,1-3H3. The second-order valence-electron chi connectivity index (χ2n) is 7.10. The Morgan fingerprint density at radius 1 is 1.03 bits per heavy atom. The van der Waals surface area contributed by atoms with Crippen molar-refractivity contribution >= 4 is 44.4 Å². The van der Waals surface area contributed by atoms with Gasteiger partial charge in [-0.25, -0.2) is 4.98 Å². The lowest BCUT2D eigenvalue weighted by Crippen LogP contribution is -2.06. The first-order valence-corrected chi connectivity index (χ1v) is 11.2. The summed E-state index contributed by atoms with van der Waals surface area (Å²) in [5, 5.41) is 2.04. The second kappa shape index (κ2) is 8.17. The van der Waals surface area contributed by atoms with E-state index in [0.29, 0.717) is 5.75 Å². The number of nitrogens with zero attached hydrogens (tertiary/aromatic N) is 2. The van der Waals surface area contributed by atoms with Gasteiger partial charge in [-0.2, -0.15) is 0 Å². The number of hydrogen-bond acceptors (Lipinski definition) is 3. The molecule has 4 aromatic rings. The Bertz CT molecular complexity index is 1210. The van der Waals surface area contributed by atoms with Crippen LogP contribution in [0.3, 0.4) is 0 Å². The Labute approximate surface area is 183 Å². The van der Waals surface area contributed by atoms with E-state index in [0.717, 1.165) is 43.0 Å². The van der Waals surface area contributed by atoms with Crippen molar-refractivity contribution in [3.8, 4) is 5.69 Å². The lowest BCUT2D eigenvalue weighted by molar-refractivity contribution is 0.102. The number of fused-ring (bicyclic) bond motifs is 1. The first kappa shape index (κ1) is 19.9. The van der Waals surface area contributed by atoms with E-state index in [4.69, 9.17) is 4.98 Å². The summed E-state index contributed by atoms with van der Waals surface area (Å²) in [6.45, 7) is 6.13. The summed E-state index contributed by atoms with van der Waals surface area (Å²) in [5.74, 6) is 0.495. The molecule has 0 amide bonds. The number of Topliss-reactive ketones (excluding diaryl/α,β-unsaturated/α-hetero) is 1. The molecule has 0 bridgehead atoms. The van der Waals surface area contributed by atoms with Crippen molar-refractivity contribution in [2.45, 2.75) is 25.8 Å². The number of hydrogen-bond donors (Lipinski definition) is 0. The Morgan fingerprint density at radius 3 is 2.52 bits per heavy atom. The number of rotatable bonds is 5. The molecule has 0 spiro atoms. The van der Waals surface area contributed by atoms with Crippen LogP contribution in [0, 0.1) is 20.8 Å². The molecule has 29 heavy (non-hydrogen) atoms. The van der Waals surface area contributed by atoms with Gasteiger partial charge in [-0.15, -0.1) is 0 Å². The molecule has 0 aliphatic heterocycles. The van der Waals surface area contributed by atoms with Crippen LogP contribution >= 0.6 is 27.7 Å². The van der Waals surface area contributed by atoms with Crippen molar-refractivity contribution in [1.82, 2.24) is 9.55 Å². The van der Waals surface area contributed by atoms with Crippen LogP contribution in [0.5, 0.6) is 0 Å². The van der Waals surface area contributed by atoms with E-state index in [-0.39, 0.29) is 5.78 Å². The van der Waals surface area contributed by atoms with Gasteiger partial charge in [-0.3, -0.25) is 4.79 Å². The maximum Gasteiger partial charge on any atom is 0.174 e. The van der Waals surface area contributed by atoms with Gasteiger partial charge >= 0.3 is 0 Å². The van der Waals surface area contributed by atoms with E-state index < -0.39 is 0 Å². The van der Waals surface area contributed by atoms with E-state index in [1.165, 1.54) is 17.3 Å². The first-order chi connectivity index (χ1) is 13.9. The van der Waals surface area contributed by atoms with E-state index >= 15 is 0 Å². The number of ketones is 1. The number of halogens is 1. The molecule has 5 heteroatoms. The summed E-state index contributed by atoms with van der Waals surface area (Å²) in [6, 6.07) is 20.3. The third kappa shape index (κ3) is 4.02. The van der Waals surface area contributed by atoms with Crippen molar-refractivity contribution in [3.05, 3.63) is 87.7 Å². The highest BCUT2D eigenvalue weighted by Crippen LogP contribution is 2.27. The summed E-state index contributed by atoms with van der Waals surface area (Å²) in [7, 11) is 0. The van der Waals surface area contributed by atoms with E-state index in [9.17, 15) is 4.79 Å². The average Bonchev–Trinajstić information content (AvgIpc) is 3.01. The number of aryl methyl sites for hydroxylation is 2. The lowest BCUT2D eigenvalue weighted by atomic mass is 10.1. The summed E-state index contributed by atoms with van der Waals surface area (Å²) < 4.78 is 3.16. The Kier molecular flexibility index (Phi) is 5.61. The predicted octanol–water partition coefficient (Wildman–Crippen LogP) is 6.69. The molecule has 146 valence electrons. The molecule has 3 nitrogen and oxygen atoms in total. The molecule has 0 saturated carbocycles. The van der Waals surface area contributed by atoms with Crippen LogP contribution in [-0.2, 0) is 0 Å². The number of para-hydroxylation sites is 1. The molecule has 2 aromatic heterocycles. The van der Waals surface area contributed by atoms with Gasteiger partial charge in [0.1, 0.15) is 0 Å². The first-order valence-electron chi connectivity index (χ1n) is 9.41. The van der Waals surface area contributed by atoms with Gasteiger partial charge in [0.25, 0.3) is 0 Å². The molecular weight excluding hydrogens is 444 g/mol. The van der Waals surface area contributed by atoms with Crippen LogP contribution < -0.4 is 0 Å². The molecule has 0 aliphatic rings. The van der Waals surface area contributed by atoms with Crippen molar-refractivity contribution in [3.63, 3.8) is 0 Å². The number of thioether (sulfide) groups is 1. The molecule has 2 aromatic carbocycles. The van der Waals surface area contributed by atoms with Crippen LogP contribution in [-0.4, -0.2) is 21.1 Å². The maximum atomic E-state index is 13.0. The highest BCUT2D eigenvalue weighted by molar-refractivity contribution is 9.10. The van der Waals surface area contributed by atoms with Crippen molar-refractivity contribution < 1.29 is 4.79 Å². The molecule has 0 unspecified atom stereocenters. The minimum Gasteiger partial charge on any atom is -0.318 e. The molecular formula is C24H21BrN2OS. The quantitative estimate of drug-likeness (QED) is 0.243. The molecule has 0 fully saturated rings. The SMILES string of the molecule is Cc1cc(SCC(=O)c2cc(C)n(-c3ccc(Br)cc3)c2C)nc2ccccc12. The molecule has 0 saturated heterocycles. The molecule has 0 aliphatic carbocycles. The fraction of sp³-hybridized carbons (Fsp3) is 0.167. The zero-order chi connectivity index (χ0) is 20.5. The van der Waals surface area contributed by atoms with Crippen molar-refractivity contribution in [1.29, 1.82) is 0 Å². The zero-order valence-corrected chi connectivity index (χ0v) is 19.0. The van der Waals surface area contributed by atoms with Gasteiger partial charge in [-0.05, 0) is 68.8 Å². The molecule has 0 radical (unpaired) electrons. The smallest absolute Gasteiger partial charge is 0.174 e.